The van der Waals surface area contributed by atoms with Crippen molar-refractivity contribution in [3.05, 3.63) is 0 Å². The molecular weight excluding hydrogens is 248 g/mol. The zero-order valence-electron chi connectivity index (χ0n) is 11.3. The van der Waals surface area contributed by atoms with Crippen LogP contribution in [-0.2, 0) is 4.79 Å². The Bertz CT molecular complexity index is 440. The van der Waals surface area contributed by atoms with Crippen LogP contribution in [0.15, 0.2) is 0 Å². The zero-order valence-corrected chi connectivity index (χ0v) is 11.3. The molecule has 8 nitrogen and oxygen atoms in total. The predicted octanol–water partition coefficient (Wildman–Crippen LogP) is -0.363. The normalized spacial score (nSPS) is 13.8. The third kappa shape index (κ3) is 3.67. The third-order valence-electron chi connectivity index (χ3n) is 2.67. The fraction of sp³-hybridized carbons (Fsp3) is 0.636. The largest absolute Gasteiger partial charge is 0.467 e. The Kier molecular flexibility index (Phi) is 3.98. The van der Waals surface area contributed by atoms with Crippen LogP contribution in [-0.4, -0.2) is 54.7 Å². The number of carbonyl (C=O) groups excluding carboxylic acids is 1. The number of likely N-dealkylation sites (N-methyl/N-ethyl adjacent to an activating group) is 1. The lowest BCUT2D eigenvalue weighted by Crippen LogP contribution is -2.37. The average molecular weight is 266 g/mol. The van der Waals surface area contributed by atoms with Gasteiger partial charge in [-0.25, -0.2) is 0 Å². The molecule has 2 rings (SSSR count). The topological polar surface area (TPSA) is 92.3 Å². The Hall–Kier alpha value is -2.12. The third-order valence-corrected chi connectivity index (χ3v) is 2.67. The summed E-state index contributed by atoms with van der Waals surface area (Å²) >= 11 is 0. The van der Waals surface area contributed by atoms with Gasteiger partial charge < -0.3 is 20.3 Å². The summed E-state index contributed by atoms with van der Waals surface area (Å²) in [6.07, 6.45) is 2.14. The van der Waals surface area contributed by atoms with Crippen LogP contribution in [0.2, 0.25) is 0 Å². The van der Waals surface area contributed by atoms with Crippen molar-refractivity contribution in [2.75, 3.05) is 38.0 Å². The fourth-order valence-corrected chi connectivity index (χ4v) is 1.51. The van der Waals surface area contributed by atoms with Gasteiger partial charge in [-0.2, -0.15) is 15.0 Å². The Labute approximate surface area is 111 Å². The lowest BCUT2D eigenvalue weighted by atomic mass is 10.5. The molecule has 0 aliphatic heterocycles. The molecule has 1 amide bonds. The minimum Gasteiger partial charge on any atom is -0.467 e. The number of carbonyl (C=O) groups is 1. The summed E-state index contributed by atoms with van der Waals surface area (Å²) in [5, 5.41) is 5.74. The molecule has 19 heavy (non-hydrogen) atoms. The number of rotatable bonds is 6. The number of aromatic nitrogens is 3. The molecule has 1 heterocycles. The molecule has 1 saturated carbocycles. The molecule has 0 unspecified atom stereocenters. The number of hydrogen-bond acceptors (Lipinski definition) is 7. The summed E-state index contributed by atoms with van der Waals surface area (Å²) in [6.45, 7) is 0.201. The van der Waals surface area contributed by atoms with Gasteiger partial charge >= 0.3 is 6.01 Å². The zero-order chi connectivity index (χ0) is 13.8. The molecule has 1 aliphatic rings. The van der Waals surface area contributed by atoms with Gasteiger partial charge in [0.1, 0.15) is 0 Å². The van der Waals surface area contributed by atoms with E-state index >= 15 is 0 Å². The standard InChI is InChI=1S/C11H18N6O2/c1-12-9-14-10(16-11(15-9)19-3)17(2)6-8(18)13-7-4-5-7/h7H,4-6H2,1-3H3,(H,13,18)(H,12,14,15,16). The minimum absolute atomic E-state index is 0.0320. The summed E-state index contributed by atoms with van der Waals surface area (Å²) in [5.41, 5.74) is 0. The van der Waals surface area contributed by atoms with Crippen molar-refractivity contribution in [2.24, 2.45) is 0 Å². The van der Waals surface area contributed by atoms with Gasteiger partial charge in [-0.15, -0.1) is 0 Å². The average Bonchev–Trinajstić information content (AvgIpc) is 3.21. The predicted molar refractivity (Wildman–Crippen MR) is 70.4 cm³/mol. The Balaban J connectivity index is 2.03. The highest BCUT2D eigenvalue weighted by atomic mass is 16.5. The molecule has 0 atom stereocenters. The van der Waals surface area contributed by atoms with Crippen molar-refractivity contribution in [1.29, 1.82) is 0 Å². The Morgan fingerprint density at radius 3 is 2.74 bits per heavy atom. The smallest absolute Gasteiger partial charge is 0.322 e. The van der Waals surface area contributed by atoms with Crippen LogP contribution in [0.1, 0.15) is 12.8 Å². The maximum absolute atomic E-state index is 11.7. The molecule has 1 aromatic heterocycles. The molecule has 0 saturated heterocycles. The molecule has 8 heteroatoms. The van der Waals surface area contributed by atoms with Gasteiger partial charge in [0, 0.05) is 20.1 Å². The molecule has 1 fully saturated rings. The molecule has 0 spiro atoms. The van der Waals surface area contributed by atoms with E-state index in [0.29, 0.717) is 17.9 Å². The van der Waals surface area contributed by atoms with E-state index in [1.165, 1.54) is 7.11 Å². The first-order valence-electron chi connectivity index (χ1n) is 6.10. The van der Waals surface area contributed by atoms with Crippen molar-refractivity contribution in [3.63, 3.8) is 0 Å². The molecule has 0 aromatic carbocycles. The lowest BCUT2D eigenvalue weighted by Gasteiger charge is -2.17. The summed E-state index contributed by atoms with van der Waals surface area (Å²) in [7, 11) is 4.94. The lowest BCUT2D eigenvalue weighted by molar-refractivity contribution is -0.119. The fourth-order valence-electron chi connectivity index (χ4n) is 1.51. The van der Waals surface area contributed by atoms with Crippen LogP contribution in [0.4, 0.5) is 11.9 Å². The van der Waals surface area contributed by atoms with Crippen LogP contribution in [0.3, 0.4) is 0 Å². The van der Waals surface area contributed by atoms with Crippen LogP contribution < -0.4 is 20.3 Å². The summed E-state index contributed by atoms with van der Waals surface area (Å²) < 4.78 is 5.00. The quantitative estimate of drug-likeness (QED) is 0.726. The number of hydrogen-bond donors (Lipinski definition) is 2. The van der Waals surface area contributed by atoms with Crippen molar-refractivity contribution in [2.45, 2.75) is 18.9 Å². The monoisotopic (exact) mass is 266 g/mol. The SMILES string of the molecule is CNc1nc(OC)nc(N(C)CC(=O)NC2CC2)n1. The first-order valence-corrected chi connectivity index (χ1v) is 6.10. The maximum atomic E-state index is 11.7. The number of anilines is 2. The van der Waals surface area contributed by atoms with Gasteiger partial charge in [0.15, 0.2) is 0 Å². The van der Waals surface area contributed by atoms with E-state index in [4.69, 9.17) is 4.74 Å². The summed E-state index contributed by atoms with van der Waals surface area (Å²) in [4.78, 5) is 25.7. The molecule has 1 aliphatic carbocycles. The second-order valence-electron chi connectivity index (χ2n) is 4.39. The molecule has 2 N–H and O–H groups in total. The summed E-state index contributed by atoms with van der Waals surface area (Å²) in [6, 6.07) is 0.561. The van der Waals surface area contributed by atoms with Gasteiger partial charge in [-0.3, -0.25) is 4.79 Å². The van der Waals surface area contributed by atoms with E-state index in [1.54, 1.807) is 19.0 Å². The minimum atomic E-state index is -0.0320. The van der Waals surface area contributed by atoms with E-state index in [9.17, 15) is 4.79 Å². The van der Waals surface area contributed by atoms with Gasteiger partial charge in [0.2, 0.25) is 17.8 Å². The van der Waals surface area contributed by atoms with E-state index in [2.05, 4.69) is 25.6 Å². The highest BCUT2D eigenvalue weighted by molar-refractivity contribution is 5.81. The van der Waals surface area contributed by atoms with Crippen LogP contribution in [0.5, 0.6) is 6.01 Å². The van der Waals surface area contributed by atoms with Crippen LogP contribution >= 0.6 is 0 Å². The second-order valence-corrected chi connectivity index (χ2v) is 4.39. The molecule has 104 valence electrons. The van der Waals surface area contributed by atoms with E-state index in [0.717, 1.165) is 12.8 Å². The number of amides is 1. The van der Waals surface area contributed by atoms with Crippen LogP contribution in [0, 0.1) is 0 Å². The molecular formula is C11H18N6O2. The van der Waals surface area contributed by atoms with Gasteiger partial charge in [-0.1, -0.05) is 0 Å². The van der Waals surface area contributed by atoms with Crippen molar-refractivity contribution in [3.8, 4) is 6.01 Å². The van der Waals surface area contributed by atoms with Gasteiger partial charge in [-0.05, 0) is 12.8 Å². The highest BCUT2D eigenvalue weighted by Crippen LogP contribution is 2.18. The van der Waals surface area contributed by atoms with Crippen molar-refractivity contribution >= 4 is 17.8 Å². The van der Waals surface area contributed by atoms with Crippen molar-refractivity contribution < 1.29 is 9.53 Å². The first-order chi connectivity index (χ1) is 9.12. The van der Waals surface area contributed by atoms with Gasteiger partial charge in [0.05, 0.1) is 13.7 Å². The number of nitrogens with one attached hydrogen (secondary N) is 2. The Morgan fingerprint density at radius 2 is 2.16 bits per heavy atom. The maximum Gasteiger partial charge on any atom is 0.322 e. The molecule has 0 radical (unpaired) electrons. The molecule has 0 bridgehead atoms. The van der Waals surface area contributed by atoms with Crippen molar-refractivity contribution in [1.82, 2.24) is 20.3 Å². The highest BCUT2D eigenvalue weighted by Gasteiger charge is 2.24. The van der Waals surface area contributed by atoms with E-state index < -0.39 is 0 Å². The Morgan fingerprint density at radius 1 is 1.42 bits per heavy atom. The number of ether oxygens (including phenoxy) is 1. The second kappa shape index (κ2) is 5.68. The number of methoxy groups -OCH3 is 1. The van der Waals surface area contributed by atoms with E-state index in [-0.39, 0.29) is 18.5 Å². The summed E-state index contributed by atoms with van der Waals surface area (Å²) in [5.74, 6) is 0.758. The first kappa shape index (κ1) is 13.3. The van der Waals surface area contributed by atoms with Crippen LogP contribution in [0.25, 0.3) is 0 Å². The number of nitrogens with zero attached hydrogens (tertiary/aromatic N) is 4. The van der Waals surface area contributed by atoms with E-state index in [1.807, 2.05) is 0 Å². The molecule has 1 aromatic rings. The van der Waals surface area contributed by atoms with Gasteiger partial charge in [0.25, 0.3) is 0 Å².